The highest BCUT2D eigenvalue weighted by Crippen LogP contribution is 2.22. The van der Waals surface area contributed by atoms with E-state index in [1.54, 1.807) is 0 Å². The molecule has 0 radical (unpaired) electrons. The molecule has 0 atom stereocenters. The van der Waals surface area contributed by atoms with E-state index in [4.69, 9.17) is 0 Å². The third kappa shape index (κ3) is 2.75. The van der Waals surface area contributed by atoms with Gasteiger partial charge in [0.05, 0.1) is 0 Å². The number of carbonyl (C=O) groups is 1. The lowest BCUT2D eigenvalue weighted by Gasteiger charge is -2.02. The Balaban J connectivity index is 2.89. The molecule has 0 saturated heterocycles. The van der Waals surface area contributed by atoms with Gasteiger partial charge in [-0.1, -0.05) is 0 Å². The molecule has 0 fully saturated rings. The highest BCUT2D eigenvalue weighted by Gasteiger charge is 1.98. The standard InChI is InChI=1S/C8H7BrINO/c1-5(12)11-6-2-3-8(10)7(9)4-6/h2-4H,1H3,(H,11,12). The first-order chi connectivity index (χ1) is 5.59. The minimum Gasteiger partial charge on any atom is -0.326 e. The number of rotatable bonds is 1. The van der Waals surface area contributed by atoms with Crippen molar-refractivity contribution in [1.82, 2.24) is 0 Å². The van der Waals surface area contributed by atoms with Gasteiger partial charge in [-0.2, -0.15) is 0 Å². The average molecular weight is 340 g/mol. The lowest BCUT2D eigenvalue weighted by Crippen LogP contribution is -2.05. The maximum absolute atomic E-state index is 10.7. The van der Waals surface area contributed by atoms with Crippen LogP contribution in [0.1, 0.15) is 6.92 Å². The summed E-state index contributed by atoms with van der Waals surface area (Å²) >= 11 is 5.59. The van der Waals surface area contributed by atoms with E-state index in [0.717, 1.165) is 13.7 Å². The van der Waals surface area contributed by atoms with E-state index in [1.807, 2.05) is 18.2 Å². The van der Waals surface area contributed by atoms with Gasteiger partial charge in [0.15, 0.2) is 0 Å². The summed E-state index contributed by atoms with van der Waals surface area (Å²) in [6, 6.07) is 5.69. The molecule has 0 unspecified atom stereocenters. The molecule has 2 nitrogen and oxygen atoms in total. The van der Waals surface area contributed by atoms with Gasteiger partial charge in [-0.3, -0.25) is 4.79 Å². The molecule has 0 aliphatic carbocycles. The fourth-order valence-corrected chi connectivity index (χ4v) is 1.49. The number of amides is 1. The van der Waals surface area contributed by atoms with Crippen LogP contribution in [-0.2, 0) is 4.79 Å². The summed E-state index contributed by atoms with van der Waals surface area (Å²) in [5.74, 6) is -0.0527. The number of halogens is 2. The second-order valence-corrected chi connectivity index (χ2v) is 4.33. The van der Waals surface area contributed by atoms with Crippen molar-refractivity contribution >= 4 is 50.1 Å². The second kappa shape index (κ2) is 4.23. The molecule has 0 aliphatic rings. The maximum atomic E-state index is 10.7. The first-order valence-electron chi connectivity index (χ1n) is 3.32. The fraction of sp³-hybridized carbons (Fsp3) is 0.125. The van der Waals surface area contributed by atoms with Crippen LogP contribution in [0, 0.1) is 3.57 Å². The van der Waals surface area contributed by atoms with Crippen molar-refractivity contribution < 1.29 is 4.79 Å². The SMILES string of the molecule is CC(=O)Nc1ccc(I)c(Br)c1. The van der Waals surface area contributed by atoms with Gasteiger partial charge in [-0.25, -0.2) is 0 Å². The summed E-state index contributed by atoms with van der Waals surface area (Å²) < 4.78 is 2.12. The van der Waals surface area contributed by atoms with Crippen LogP contribution in [-0.4, -0.2) is 5.91 Å². The molecule has 12 heavy (non-hydrogen) atoms. The van der Waals surface area contributed by atoms with Crippen LogP contribution in [0.4, 0.5) is 5.69 Å². The Hall–Kier alpha value is -0.100. The maximum Gasteiger partial charge on any atom is 0.221 e. The average Bonchev–Trinajstić information content (AvgIpc) is 1.96. The first-order valence-corrected chi connectivity index (χ1v) is 5.19. The molecule has 1 amide bonds. The number of nitrogens with one attached hydrogen (secondary N) is 1. The summed E-state index contributed by atoms with van der Waals surface area (Å²) in [5, 5.41) is 2.70. The van der Waals surface area contributed by atoms with Crippen LogP contribution in [0.3, 0.4) is 0 Å². The van der Waals surface area contributed by atoms with Crippen LogP contribution in [0.25, 0.3) is 0 Å². The predicted octanol–water partition coefficient (Wildman–Crippen LogP) is 3.01. The Labute approximate surface area is 93.0 Å². The van der Waals surface area contributed by atoms with Crippen molar-refractivity contribution in [3.8, 4) is 0 Å². The minimum absolute atomic E-state index is 0.0527. The molecule has 0 saturated carbocycles. The fourth-order valence-electron chi connectivity index (χ4n) is 0.777. The zero-order valence-electron chi connectivity index (χ0n) is 6.40. The lowest BCUT2D eigenvalue weighted by molar-refractivity contribution is -0.114. The highest BCUT2D eigenvalue weighted by atomic mass is 127. The van der Waals surface area contributed by atoms with Crippen LogP contribution in [0.15, 0.2) is 22.7 Å². The molecule has 1 aromatic rings. The molecule has 0 spiro atoms. The number of hydrogen-bond donors (Lipinski definition) is 1. The molecule has 64 valence electrons. The number of hydrogen-bond acceptors (Lipinski definition) is 1. The Bertz CT molecular complexity index is 314. The topological polar surface area (TPSA) is 29.1 Å². The largest absolute Gasteiger partial charge is 0.326 e. The van der Waals surface area contributed by atoms with Gasteiger partial charge in [0.1, 0.15) is 0 Å². The lowest BCUT2D eigenvalue weighted by atomic mass is 10.3. The number of anilines is 1. The Kier molecular flexibility index (Phi) is 3.52. The smallest absolute Gasteiger partial charge is 0.221 e. The van der Waals surface area contributed by atoms with Gasteiger partial charge in [0.2, 0.25) is 5.91 Å². The van der Waals surface area contributed by atoms with Gasteiger partial charge < -0.3 is 5.32 Å². The van der Waals surface area contributed by atoms with Crippen molar-refractivity contribution in [2.24, 2.45) is 0 Å². The van der Waals surface area contributed by atoms with E-state index in [0.29, 0.717) is 0 Å². The van der Waals surface area contributed by atoms with Crippen LogP contribution >= 0.6 is 38.5 Å². The van der Waals surface area contributed by atoms with Gasteiger partial charge in [-0.05, 0) is 56.7 Å². The summed E-state index contributed by atoms with van der Waals surface area (Å²) in [4.78, 5) is 10.7. The van der Waals surface area contributed by atoms with Crippen LogP contribution in [0.5, 0.6) is 0 Å². The third-order valence-corrected chi connectivity index (χ3v) is 3.58. The van der Waals surface area contributed by atoms with E-state index in [9.17, 15) is 4.79 Å². The minimum atomic E-state index is -0.0527. The van der Waals surface area contributed by atoms with Crippen molar-refractivity contribution in [2.75, 3.05) is 5.32 Å². The Morgan fingerprint density at radius 2 is 2.25 bits per heavy atom. The second-order valence-electron chi connectivity index (χ2n) is 2.31. The van der Waals surface area contributed by atoms with Crippen molar-refractivity contribution in [2.45, 2.75) is 6.92 Å². The number of carbonyl (C=O) groups excluding carboxylic acids is 1. The zero-order valence-corrected chi connectivity index (χ0v) is 10.1. The summed E-state index contributed by atoms with van der Waals surface area (Å²) in [5.41, 5.74) is 0.815. The molecule has 1 rings (SSSR count). The molecule has 0 aromatic heterocycles. The normalized spacial score (nSPS) is 9.58. The van der Waals surface area contributed by atoms with E-state index in [1.165, 1.54) is 6.92 Å². The van der Waals surface area contributed by atoms with E-state index in [2.05, 4.69) is 43.8 Å². The molecule has 1 N–H and O–H groups in total. The zero-order chi connectivity index (χ0) is 9.14. The van der Waals surface area contributed by atoms with E-state index < -0.39 is 0 Å². The summed E-state index contributed by atoms with van der Waals surface area (Å²) in [6.45, 7) is 1.49. The van der Waals surface area contributed by atoms with Crippen molar-refractivity contribution in [3.63, 3.8) is 0 Å². The van der Waals surface area contributed by atoms with Gasteiger partial charge in [0.25, 0.3) is 0 Å². The summed E-state index contributed by atoms with van der Waals surface area (Å²) in [7, 11) is 0. The molecule has 0 aliphatic heterocycles. The van der Waals surface area contributed by atoms with Crippen LogP contribution in [0.2, 0.25) is 0 Å². The molecule has 0 heterocycles. The monoisotopic (exact) mass is 339 g/mol. The van der Waals surface area contributed by atoms with E-state index >= 15 is 0 Å². The molecule has 0 bridgehead atoms. The number of benzene rings is 1. The van der Waals surface area contributed by atoms with Gasteiger partial charge >= 0.3 is 0 Å². The Morgan fingerprint density at radius 1 is 1.58 bits per heavy atom. The predicted molar refractivity (Wildman–Crippen MR) is 61.2 cm³/mol. The molecule has 1 aromatic carbocycles. The van der Waals surface area contributed by atoms with Crippen molar-refractivity contribution in [3.05, 3.63) is 26.2 Å². The van der Waals surface area contributed by atoms with Crippen LogP contribution < -0.4 is 5.32 Å². The quantitative estimate of drug-likeness (QED) is 0.783. The third-order valence-electron chi connectivity index (χ3n) is 1.24. The molecule has 4 heteroatoms. The van der Waals surface area contributed by atoms with Gasteiger partial charge in [0, 0.05) is 20.7 Å². The Morgan fingerprint density at radius 3 is 2.75 bits per heavy atom. The molecular weight excluding hydrogens is 333 g/mol. The first kappa shape index (κ1) is 9.98. The highest BCUT2D eigenvalue weighted by molar-refractivity contribution is 14.1. The summed E-state index contributed by atoms with van der Waals surface area (Å²) in [6.07, 6.45) is 0. The molecular formula is C8H7BrINO. The van der Waals surface area contributed by atoms with Crippen molar-refractivity contribution in [1.29, 1.82) is 0 Å². The van der Waals surface area contributed by atoms with Gasteiger partial charge in [-0.15, -0.1) is 0 Å². The van der Waals surface area contributed by atoms with E-state index in [-0.39, 0.29) is 5.91 Å².